The Hall–Kier alpha value is -2.56. The quantitative estimate of drug-likeness (QED) is 0.568. The minimum atomic E-state index is 0.495. The molecule has 3 aromatic rings. The average Bonchev–Trinajstić information content (AvgIpc) is 2.58. The van der Waals surface area contributed by atoms with Crippen LogP contribution in [0, 0.1) is 0 Å². The van der Waals surface area contributed by atoms with Crippen molar-refractivity contribution in [3.63, 3.8) is 0 Å². The van der Waals surface area contributed by atoms with Crippen LogP contribution in [-0.4, -0.2) is 5.11 Å². The van der Waals surface area contributed by atoms with Crippen LogP contribution in [0.15, 0.2) is 78.9 Å². The van der Waals surface area contributed by atoms with Crippen molar-refractivity contribution in [1.29, 1.82) is 0 Å². The molecule has 0 atom stereocenters. The van der Waals surface area contributed by atoms with E-state index in [1.54, 1.807) is 12.1 Å². The van der Waals surface area contributed by atoms with E-state index in [0.29, 0.717) is 10.1 Å². The molecule has 0 saturated carbocycles. The lowest BCUT2D eigenvalue weighted by molar-refractivity contribution is 0.483. The van der Waals surface area contributed by atoms with E-state index in [1.165, 1.54) is 0 Å². The van der Waals surface area contributed by atoms with E-state index in [-0.39, 0.29) is 0 Å². The second-order valence-corrected chi connectivity index (χ2v) is 5.87. The summed E-state index contributed by atoms with van der Waals surface area (Å²) in [5.74, 6) is 1.53. The third kappa shape index (κ3) is 4.72. The second-order valence-electron chi connectivity index (χ2n) is 5.03. The van der Waals surface area contributed by atoms with Gasteiger partial charge in [0.1, 0.15) is 11.5 Å². The van der Waals surface area contributed by atoms with Gasteiger partial charge in [0.2, 0.25) is 0 Å². The van der Waals surface area contributed by atoms with Crippen LogP contribution in [0.4, 0.5) is 11.4 Å². The lowest BCUT2D eigenvalue weighted by Crippen LogP contribution is -2.18. The summed E-state index contributed by atoms with van der Waals surface area (Å²) in [5.41, 5.74) is 1.71. The Morgan fingerprint density at radius 2 is 1.42 bits per heavy atom. The maximum atomic E-state index is 5.87. The predicted molar refractivity (Wildman–Crippen MR) is 104 cm³/mol. The van der Waals surface area contributed by atoms with Gasteiger partial charge in [0.25, 0.3) is 0 Å². The van der Waals surface area contributed by atoms with E-state index in [1.807, 2.05) is 66.7 Å². The number of thiocarbonyl (C=S) groups is 1. The van der Waals surface area contributed by atoms with E-state index in [0.717, 1.165) is 22.9 Å². The van der Waals surface area contributed by atoms with Crippen LogP contribution in [-0.2, 0) is 0 Å². The number of halogens is 1. The van der Waals surface area contributed by atoms with Gasteiger partial charge in [-0.05, 0) is 60.7 Å². The molecule has 120 valence electrons. The minimum absolute atomic E-state index is 0.495. The highest BCUT2D eigenvalue weighted by molar-refractivity contribution is 7.80. The summed E-state index contributed by atoms with van der Waals surface area (Å²) in [7, 11) is 0. The fourth-order valence-electron chi connectivity index (χ4n) is 2.09. The standard InChI is InChI=1S/C19H15ClN2OS/c20-14-9-11-15(12-10-14)21-19(24)22-16-5-4-8-18(13-16)23-17-6-2-1-3-7-17/h1-13H,(H2,21,22,24). The molecule has 3 rings (SSSR count). The number of anilines is 2. The van der Waals surface area contributed by atoms with Gasteiger partial charge in [-0.2, -0.15) is 0 Å². The average molecular weight is 355 g/mol. The van der Waals surface area contributed by atoms with Crippen molar-refractivity contribution in [2.24, 2.45) is 0 Å². The fourth-order valence-corrected chi connectivity index (χ4v) is 2.45. The lowest BCUT2D eigenvalue weighted by atomic mass is 10.3. The first kappa shape index (κ1) is 16.3. The summed E-state index contributed by atoms with van der Waals surface area (Å²) in [6.45, 7) is 0. The lowest BCUT2D eigenvalue weighted by Gasteiger charge is -2.12. The smallest absolute Gasteiger partial charge is 0.175 e. The first-order valence-electron chi connectivity index (χ1n) is 7.35. The molecule has 5 heteroatoms. The zero-order valence-electron chi connectivity index (χ0n) is 12.7. The topological polar surface area (TPSA) is 33.3 Å². The van der Waals surface area contributed by atoms with Crippen molar-refractivity contribution < 1.29 is 4.74 Å². The van der Waals surface area contributed by atoms with Crippen LogP contribution < -0.4 is 15.4 Å². The van der Waals surface area contributed by atoms with Gasteiger partial charge in [0.05, 0.1) is 0 Å². The maximum absolute atomic E-state index is 5.87. The van der Waals surface area contributed by atoms with E-state index in [4.69, 9.17) is 28.6 Å². The molecule has 0 unspecified atom stereocenters. The predicted octanol–water partition coefficient (Wildman–Crippen LogP) is 5.94. The normalized spacial score (nSPS) is 10.0. The summed E-state index contributed by atoms with van der Waals surface area (Å²) >= 11 is 11.2. The van der Waals surface area contributed by atoms with Gasteiger partial charge in [-0.15, -0.1) is 0 Å². The first-order valence-corrected chi connectivity index (χ1v) is 8.14. The number of benzene rings is 3. The molecule has 0 bridgehead atoms. The van der Waals surface area contributed by atoms with Crippen molar-refractivity contribution in [3.05, 3.63) is 83.9 Å². The molecule has 0 amide bonds. The number of hydrogen-bond acceptors (Lipinski definition) is 2. The van der Waals surface area contributed by atoms with Crippen molar-refractivity contribution in [3.8, 4) is 11.5 Å². The Bertz CT molecular complexity index is 822. The monoisotopic (exact) mass is 354 g/mol. The molecule has 2 N–H and O–H groups in total. The molecule has 0 heterocycles. The van der Waals surface area contributed by atoms with E-state index in [2.05, 4.69) is 10.6 Å². The van der Waals surface area contributed by atoms with Gasteiger partial charge in [-0.25, -0.2) is 0 Å². The van der Waals surface area contributed by atoms with E-state index >= 15 is 0 Å². The molecule has 3 nitrogen and oxygen atoms in total. The van der Waals surface area contributed by atoms with Gasteiger partial charge in [-0.1, -0.05) is 35.9 Å². The van der Waals surface area contributed by atoms with Crippen LogP contribution in [0.3, 0.4) is 0 Å². The van der Waals surface area contributed by atoms with Gasteiger partial charge >= 0.3 is 0 Å². The zero-order valence-corrected chi connectivity index (χ0v) is 14.3. The Kier molecular flexibility index (Phi) is 5.31. The molecule has 0 aliphatic rings. The van der Waals surface area contributed by atoms with Crippen LogP contribution in [0.2, 0.25) is 5.02 Å². The number of nitrogens with one attached hydrogen (secondary N) is 2. The zero-order chi connectivity index (χ0) is 16.8. The molecule has 0 aliphatic carbocycles. The second kappa shape index (κ2) is 7.81. The number of hydrogen-bond donors (Lipinski definition) is 2. The van der Waals surface area contributed by atoms with E-state index in [9.17, 15) is 0 Å². The highest BCUT2D eigenvalue weighted by atomic mass is 35.5. The summed E-state index contributed by atoms with van der Waals surface area (Å²) in [6, 6.07) is 24.6. The molecular weight excluding hydrogens is 340 g/mol. The van der Waals surface area contributed by atoms with Crippen LogP contribution in [0.25, 0.3) is 0 Å². The van der Waals surface area contributed by atoms with Crippen molar-refractivity contribution in [2.45, 2.75) is 0 Å². The van der Waals surface area contributed by atoms with Crippen molar-refractivity contribution in [2.75, 3.05) is 10.6 Å². The van der Waals surface area contributed by atoms with Crippen molar-refractivity contribution in [1.82, 2.24) is 0 Å². The van der Waals surface area contributed by atoms with E-state index < -0.39 is 0 Å². The summed E-state index contributed by atoms with van der Waals surface area (Å²) in [6.07, 6.45) is 0. The molecular formula is C19H15ClN2OS. The van der Waals surface area contributed by atoms with Gasteiger partial charge in [0.15, 0.2) is 5.11 Å². The highest BCUT2D eigenvalue weighted by Gasteiger charge is 2.02. The number of rotatable bonds is 4. The molecule has 0 aliphatic heterocycles. The Labute approximate surface area is 151 Å². The number of para-hydroxylation sites is 1. The molecule has 24 heavy (non-hydrogen) atoms. The van der Waals surface area contributed by atoms with Crippen LogP contribution in [0.1, 0.15) is 0 Å². The molecule has 0 saturated heterocycles. The van der Waals surface area contributed by atoms with Gasteiger partial charge < -0.3 is 15.4 Å². The highest BCUT2D eigenvalue weighted by Crippen LogP contribution is 2.24. The summed E-state index contributed by atoms with van der Waals surface area (Å²) in [5, 5.41) is 7.43. The minimum Gasteiger partial charge on any atom is -0.457 e. The van der Waals surface area contributed by atoms with Crippen LogP contribution in [0.5, 0.6) is 11.5 Å². The van der Waals surface area contributed by atoms with Crippen molar-refractivity contribution >= 4 is 40.3 Å². The fraction of sp³-hybridized carbons (Fsp3) is 0. The van der Waals surface area contributed by atoms with Gasteiger partial charge in [-0.3, -0.25) is 0 Å². The molecule has 0 aromatic heterocycles. The largest absolute Gasteiger partial charge is 0.457 e. The Morgan fingerprint density at radius 3 is 2.17 bits per heavy atom. The molecule has 3 aromatic carbocycles. The van der Waals surface area contributed by atoms with Gasteiger partial charge in [0, 0.05) is 22.5 Å². The third-order valence-corrected chi connectivity index (χ3v) is 3.63. The molecule has 0 spiro atoms. The SMILES string of the molecule is S=C(Nc1ccc(Cl)cc1)Nc1cccc(Oc2ccccc2)c1. The number of ether oxygens (including phenoxy) is 1. The van der Waals surface area contributed by atoms with Crippen LogP contribution >= 0.6 is 23.8 Å². The third-order valence-electron chi connectivity index (χ3n) is 3.17. The summed E-state index contributed by atoms with van der Waals surface area (Å²) < 4.78 is 5.81. The molecule has 0 radical (unpaired) electrons. The molecule has 0 fully saturated rings. The Morgan fingerprint density at radius 1 is 0.750 bits per heavy atom. The Balaban J connectivity index is 1.63. The first-order chi connectivity index (χ1) is 11.7. The maximum Gasteiger partial charge on any atom is 0.175 e. The summed E-state index contributed by atoms with van der Waals surface area (Å²) in [4.78, 5) is 0.